The lowest BCUT2D eigenvalue weighted by atomic mass is 9.87. The molecule has 0 radical (unpaired) electrons. The molecule has 0 bridgehead atoms. The monoisotopic (exact) mass is 484 g/mol. The van der Waals surface area contributed by atoms with Crippen LogP contribution in [0.25, 0.3) is 5.57 Å². The second-order valence-electron chi connectivity index (χ2n) is 6.87. The topological polar surface area (TPSA) is 43.4 Å². The second-order valence-corrected chi connectivity index (χ2v) is 7.79. The van der Waals surface area contributed by atoms with Crippen LogP contribution in [0.1, 0.15) is 29.0 Å². The predicted octanol–water partition coefficient (Wildman–Crippen LogP) is 6.08. The first-order valence-electron chi connectivity index (χ1n) is 9.47. The van der Waals surface area contributed by atoms with E-state index in [0.717, 1.165) is 17.1 Å². The van der Waals surface area contributed by atoms with E-state index in [1.165, 1.54) is 24.3 Å². The molecule has 0 amide bonds. The summed E-state index contributed by atoms with van der Waals surface area (Å²) >= 11 is 3.39. The molecule has 0 aliphatic carbocycles. The quantitative estimate of drug-likeness (QED) is 0.301. The minimum Gasteiger partial charge on any atom is -0.463 e. The summed E-state index contributed by atoms with van der Waals surface area (Å²) in [6, 6.07) is 19.2. The highest BCUT2D eigenvalue weighted by molar-refractivity contribution is 9.10. The van der Waals surface area contributed by atoms with E-state index in [1.54, 1.807) is 24.3 Å². The Kier molecular flexibility index (Phi) is 7.47. The van der Waals surface area contributed by atoms with Gasteiger partial charge in [-0.25, -0.2) is 13.6 Å². The molecule has 158 valence electrons. The second kappa shape index (κ2) is 10.3. The van der Waals surface area contributed by atoms with Gasteiger partial charge in [0.1, 0.15) is 11.6 Å². The number of carbonyl (C=O) groups is 2. The van der Waals surface area contributed by atoms with E-state index >= 15 is 0 Å². The van der Waals surface area contributed by atoms with Crippen molar-refractivity contribution in [2.24, 2.45) is 0 Å². The van der Waals surface area contributed by atoms with E-state index in [-0.39, 0.29) is 18.1 Å². The lowest BCUT2D eigenvalue weighted by Gasteiger charge is -2.17. The molecule has 0 spiro atoms. The highest BCUT2D eigenvalue weighted by Gasteiger charge is 2.22. The van der Waals surface area contributed by atoms with Gasteiger partial charge in [-0.1, -0.05) is 58.4 Å². The summed E-state index contributed by atoms with van der Waals surface area (Å²) in [6.07, 6.45) is 1.73. The molecular weight excluding hydrogens is 466 g/mol. The first kappa shape index (κ1) is 22.6. The molecule has 3 aromatic rings. The van der Waals surface area contributed by atoms with Gasteiger partial charge in [0.2, 0.25) is 5.78 Å². The van der Waals surface area contributed by atoms with Gasteiger partial charge in [0, 0.05) is 16.8 Å². The first-order chi connectivity index (χ1) is 14.9. The molecule has 3 nitrogen and oxygen atoms in total. The fraction of sp³-hybridized carbons (Fsp3) is 0.120. The summed E-state index contributed by atoms with van der Waals surface area (Å²) in [4.78, 5) is 24.1. The molecule has 0 fully saturated rings. The van der Waals surface area contributed by atoms with E-state index in [9.17, 15) is 18.4 Å². The number of hydrogen-bond donors (Lipinski definition) is 0. The fourth-order valence-corrected chi connectivity index (χ4v) is 3.46. The van der Waals surface area contributed by atoms with E-state index in [1.807, 2.05) is 30.3 Å². The molecule has 0 saturated carbocycles. The van der Waals surface area contributed by atoms with Gasteiger partial charge in [-0.2, -0.15) is 0 Å². The van der Waals surface area contributed by atoms with Gasteiger partial charge in [0.15, 0.2) is 0 Å². The smallest absolute Gasteiger partial charge is 0.374 e. The largest absolute Gasteiger partial charge is 0.463 e. The van der Waals surface area contributed by atoms with Crippen molar-refractivity contribution in [3.05, 3.63) is 112 Å². The van der Waals surface area contributed by atoms with Crippen LogP contribution in [0, 0.1) is 11.6 Å². The van der Waals surface area contributed by atoms with Crippen LogP contribution in [-0.4, -0.2) is 18.9 Å². The van der Waals surface area contributed by atoms with E-state index < -0.39 is 17.7 Å². The third-order valence-electron chi connectivity index (χ3n) is 4.79. The van der Waals surface area contributed by atoms with Gasteiger partial charge >= 0.3 is 5.97 Å². The molecular formula is C25H19BrF2O3. The van der Waals surface area contributed by atoms with Crippen LogP contribution in [-0.2, 0) is 14.3 Å². The lowest BCUT2D eigenvalue weighted by Crippen LogP contribution is -2.18. The van der Waals surface area contributed by atoms with Gasteiger partial charge in [-0.15, -0.1) is 0 Å². The Morgan fingerprint density at radius 1 is 0.871 bits per heavy atom. The summed E-state index contributed by atoms with van der Waals surface area (Å²) in [5, 5.41) is 0. The summed E-state index contributed by atoms with van der Waals surface area (Å²) in [7, 11) is 1.16. The molecule has 0 aromatic heterocycles. The summed E-state index contributed by atoms with van der Waals surface area (Å²) < 4.78 is 32.4. The molecule has 3 aromatic carbocycles. The number of carbonyl (C=O) groups excluding carboxylic acids is 2. The molecule has 0 heterocycles. The van der Waals surface area contributed by atoms with Crippen molar-refractivity contribution in [1.29, 1.82) is 0 Å². The molecule has 1 unspecified atom stereocenters. The van der Waals surface area contributed by atoms with Crippen molar-refractivity contribution < 1.29 is 23.1 Å². The predicted molar refractivity (Wildman–Crippen MR) is 118 cm³/mol. The zero-order chi connectivity index (χ0) is 22.4. The molecule has 3 rings (SSSR count). The van der Waals surface area contributed by atoms with Gasteiger partial charge in [-0.3, -0.25) is 4.79 Å². The molecule has 0 saturated heterocycles. The van der Waals surface area contributed by atoms with Gasteiger partial charge in [0.05, 0.1) is 7.11 Å². The van der Waals surface area contributed by atoms with Crippen molar-refractivity contribution in [3.8, 4) is 0 Å². The molecule has 31 heavy (non-hydrogen) atoms. The van der Waals surface area contributed by atoms with Crippen LogP contribution < -0.4 is 0 Å². The average molecular weight is 485 g/mol. The van der Waals surface area contributed by atoms with E-state index in [4.69, 9.17) is 0 Å². The minimum atomic E-state index is -0.916. The van der Waals surface area contributed by atoms with Crippen LogP contribution >= 0.6 is 15.9 Å². The van der Waals surface area contributed by atoms with Crippen molar-refractivity contribution in [2.45, 2.75) is 12.3 Å². The normalized spacial score (nSPS) is 11.5. The Bertz CT molecular complexity index is 1040. The minimum absolute atomic E-state index is 0.111. The lowest BCUT2D eigenvalue weighted by molar-refractivity contribution is -0.151. The first-order valence-corrected chi connectivity index (χ1v) is 10.3. The zero-order valence-corrected chi connectivity index (χ0v) is 18.2. The van der Waals surface area contributed by atoms with Crippen LogP contribution in [0.3, 0.4) is 0 Å². The summed E-state index contributed by atoms with van der Waals surface area (Å²) in [6.45, 7) is 0. The maximum absolute atomic E-state index is 13.5. The zero-order valence-electron chi connectivity index (χ0n) is 16.6. The Morgan fingerprint density at radius 3 is 1.81 bits per heavy atom. The molecule has 0 N–H and O–H groups in total. The van der Waals surface area contributed by atoms with Crippen LogP contribution in [0.2, 0.25) is 0 Å². The SMILES string of the molecule is COC(=O)C(=O)CC(C=C(c1ccc(F)cc1)c1ccc(F)cc1)c1ccc(Br)cc1. The number of benzene rings is 3. The number of hydrogen-bond acceptors (Lipinski definition) is 3. The van der Waals surface area contributed by atoms with Crippen LogP contribution in [0.15, 0.2) is 83.3 Å². The maximum atomic E-state index is 13.5. The number of esters is 1. The van der Waals surface area contributed by atoms with E-state index in [0.29, 0.717) is 16.7 Å². The van der Waals surface area contributed by atoms with Gasteiger partial charge in [-0.05, 0) is 58.7 Å². The number of ether oxygens (including phenoxy) is 1. The van der Waals surface area contributed by atoms with Crippen molar-refractivity contribution in [1.82, 2.24) is 0 Å². The fourth-order valence-electron chi connectivity index (χ4n) is 3.20. The number of rotatable bonds is 7. The highest BCUT2D eigenvalue weighted by atomic mass is 79.9. The van der Waals surface area contributed by atoms with Crippen LogP contribution in [0.5, 0.6) is 0 Å². The van der Waals surface area contributed by atoms with Gasteiger partial charge in [0.25, 0.3) is 0 Å². The number of halogens is 3. The number of methoxy groups -OCH3 is 1. The molecule has 1 atom stereocenters. The molecule has 0 aliphatic heterocycles. The maximum Gasteiger partial charge on any atom is 0.374 e. The third-order valence-corrected chi connectivity index (χ3v) is 5.32. The molecule has 6 heteroatoms. The Morgan fingerprint density at radius 2 is 1.35 bits per heavy atom. The summed E-state index contributed by atoms with van der Waals surface area (Å²) in [5.74, 6) is -2.81. The average Bonchev–Trinajstić information content (AvgIpc) is 2.78. The van der Waals surface area contributed by atoms with Crippen molar-refractivity contribution in [3.63, 3.8) is 0 Å². The third kappa shape index (κ3) is 5.95. The molecule has 0 aliphatic rings. The van der Waals surface area contributed by atoms with Crippen LogP contribution in [0.4, 0.5) is 8.78 Å². The van der Waals surface area contributed by atoms with Crippen molar-refractivity contribution >= 4 is 33.3 Å². The van der Waals surface area contributed by atoms with Gasteiger partial charge < -0.3 is 4.74 Å². The Hall–Kier alpha value is -3.12. The Balaban J connectivity index is 2.13. The van der Waals surface area contributed by atoms with E-state index in [2.05, 4.69) is 20.7 Å². The highest BCUT2D eigenvalue weighted by Crippen LogP contribution is 2.31. The number of ketones is 1. The van der Waals surface area contributed by atoms with Crippen molar-refractivity contribution in [2.75, 3.05) is 7.11 Å². The number of Topliss-reactive ketones (excluding diaryl/α,β-unsaturated/α-hetero) is 1. The summed E-state index contributed by atoms with van der Waals surface area (Å²) in [5.41, 5.74) is 2.88. The number of allylic oxidation sites excluding steroid dienone is 1. The standard InChI is InChI=1S/C25H19BrF2O3/c1-31-25(30)24(29)15-19(16-2-8-20(26)9-3-16)14-23(17-4-10-21(27)11-5-17)18-6-12-22(28)13-7-18/h2-14,19H,15H2,1H3. The Labute approximate surface area is 187 Å².